The van der Waals surface area contributed by atoms with Gasteiger partial charge < -0.3 is 0 Å². The Morgan fingerprint density at radius 1 is 1.00 bits per heavy atom. The standard InChI is InChI=1S/C10H21.Mo/c1-4-7-8-9-10(5-2)6-3;/h4-9H2,1-3H3;. The molecule has 0 aromatic rings. The summed E-state index contributed by atoms with van der Waals surface area (Å²) in [5, 5.41) is 0. The SMILES string of the molecule is CCCCC[C]([Mo])(CC)CC. The summed E-state index contributed by atoms with van der Waals surface area (Å²) >= 11 is 2.34. The predicted octanol–water partition coefficient (Wildman–Crippen LogP) is 4.09. The average Bonchev–Trinajstić information content (AvgIpc) is 2.05. The fraction of sp³-hybridized carbons (Fsp3) is 1.00. The van der Waals surface area contributed by atoms with Gasteiger partial charge in [-0.25, -0.2) is 0 Å². The van der Waals surface area contributed by atoms with Crippen LogP contribution in [-0.4, -0.2) is 0 Å². The average molecular weight is 237 g/mol. The van der Waals surface area contributed by atoms with Crippen molar-refractivity contribution in [1.29, 1.82) is 0 Å². The summed E-state index contributed by atoms with van der Waals surface area (Å²) in [4.78, 5) is 0. The van der Waals surface area contributed by atoms with Crippen LogP contribution in [0.5, 0.6) is 0 Å². The van der Waals surface area contributed by atoms with Gasteiger partial charge in [-0.3, -0.25) is 0 Å². The van der Waals surface area contributed by atoms with Gasteiger partial charge in [0.25, 0.3) is 0 Å². The van der Waals surface area contributed by atoms with Gasteiger partial charge in [0.05, 0.1) is 0 Å². The van der Waals surface area contributed by atoms with E-state index in [0.717, 1.165) is 0 Å². The zero-order chi connectivity index (χ0) is 8.74. The van der Waals surface area contributed by atoms with Gasteiger partial charge in [0, 0.05) is 0 Å². The van der Waals surface area contributed by atoms with Gasteiger partial charge in [-0.2, -0.15) is 0 Å². The number of rotatable bonds is 6. The van der Waals surface area contributed by atoms with E-state index < -0.39 is 0 Å². The third kappa shape index (κ3) is 5.01. The van der Waals surface area contributed by atoms with Crippen LogP contribution < -0.4 is 0 Å². The summed E-state index contributed by atoms with van der Waals surface area (Å²) in [5.74, 6) is 0. The molecular formula is C10H21Mo. The van der Waals surface area contributed by atoms with Crippen LogP contribution in [0.15, 0.2) is 0 Å². The first kappa shape index (κ1) is 11.7. The maximum atomic E-state index is 2.34. The summed E-state index contributed by atoms with van der Waals surface area (Å²) in [6, 6.07) is 0. The topological polar surface area (TPSA) is 0 Å². The van der Waals surface area contributed by atoms with Crippen molar-refractivity contribution in [3.05, 3.63) is 0 Å². The molecule has 0 aromatic carbocycles. The Morgan fingerprint density at radius 2 is 1.55 bits per heavy atom. The molecule has 0 saturated carbocycles. The minimum atomic E-state index is 0.644. The Balaban J connectivity index is 3.51. The van der Waals surface area contributed by atoms with Gasteiger partial charge >= 0.3 is 82.9 Å². The molecule has 0 aliphatic carbocycles. The van der Waals surface area contributed by atoms with Gasteiger partial charge in [0.2, 0.25) is 0 Å². The molecule has 67 valence electrons. The van der Waals surface area contributed by atoms with E-state index in [0.29, 0.717) is 3.80 Å². The second-order valence-corrected chi connectivity index (χ2v) is 5.48. The zero-order valence-electron chi connectivity index (χ0n) is 8.15. The van der Waals surface area contributed by atoms with Crippen LogP contribution in [-0.2, 0) is 19.8 Å². The molecule has 0 spiro atoms. The van der Waals surface area contributed by atoms with Gasteiger partial charge in [0.15, 0.2) is 0 Å². The van der Waals surface area contributed by atoms with E-state index in [-0.39, 0.29) is 0 Å². The summed E-state index contributed by atoms with van der Waals surface area (Å²) in [7, 11) is 0. The zero-order valence-corrected chi connectivity index (χ0v) is 10.2. The molecule has 11 heavy (non-hydrogen) atoms. The fourth-order valence-electron chi connectivity index (χ4n) is 1.30. The van der Waals surface area contributed by atoms with Crippen LogP contribution in [0.1, 0.15) is 59.3 Å². The fourth-order valence-corrected chi connectivity index (χ4v) is 1.66. The molecule has 0 aliphatic heterocycles. The summed E-state index contributed by atoms with van der Waals surface area (Å²) in [6.07, 6.45) is 8.31. The summed E-state index contributed by atoms with van der Waals surface area (Å²) in [6.45, 7) is 6.91. The molecule has 0 aliphatic rings. The normalized spacial score (nSPS) is 11.9. The molecule has 0 N–H and O–H groups in total. The van der Waals surface area contributed by atoms with Crippen molar-refractivity contribution in [3.63, 3.8) is 0 Å². The second kappa shape index (κ2) is 6.23. The van der Waals surface area contributed by atoms with E-state index in [1.807, 2.05) is 0 Å². The molecule has 1 heteroatoms. The molecule has 0 fully saturated rings. The number of hydrogen-bond acceptors (Lipinski definition) is 0. The van der Waals surface area contributed by atoms with Gasteiger partial charge in [-0.1, -0.05) is 0 Å². The quantitative estimate of drug-likeness (QED) is 0.482. The molecule has 0 rings (SSSR count). The third-order valence-electron chi connectivity index (χ3n) is 2.52. The van der Waals surface area contributed by atoms with E-state index in [2.05, 4.69) is 40.6 Å². The van der Waals surface area contributed by atoms with Crippen LogP contribution in [0, 0.1) is 0 Å². The molecule has 0 amide bonds. The maximum absolute atomic E-state index is 2.34. The van der Waals surface area contributed by atoms with Gasteiger partial charge in [-0.15, -0.1) is 0 Å². The Labute approximate surface area is 83.0 Å². The molecule has 0 radical (unpaired) electrons. The number of unbranched alkanes of at least 4 members (excludes halogenated alkanes) is 2. The van der Waals surface area contributed by atoms with E-state index in [4.69, 9.17) is 0 Å². The first-order valence-electron chi connectivity index (χ1n) is 4.89. The van der Waals surface area contributed by atoms with Gasteiger partial charge in [-0.05, 0) is 0 Å². The van der Waals surface area contributed by atoms with Crippen LogP contribution in [0.2, 0.25) is 3.80 Å². The first-order chi connectivity index (χ1) is 5.18. The van der Waals surface area contributed by atoms with Gasteiger partial charge in [0.1, 0.15) is 0 Å². The Hall–Kier alpha value is 0.688. The van der Waals surface area contributed by atoms with Crippen LogP contribution in [0.3, 0.4) is 0 Å². The molecule has 0 heterocycles. The van der Waals surface area contributed by atoms with Crippen molar-refractivity contribution in [2.45, 2.75) is 63.1 Å². The second-order valence-electron chi connectivity index (χ2n) is 3.35. The molecule has 0 atom stereocenters. The molecule has 0 aromatic heterocycles. The molecule has 0 unspecified atom stereocenters. The predicted molar refractivity (Wildman–Crippen MR) is 47.4 cm³/mol. The first-order valence-corrected chi connectivity index (χ1v) is 5.89. The number of hydrogen-bond donors (Lipinski definition) is 0. The van der Waals surface area contributed by atoms with Crippen LogP contribution >= 0.6 is 0 Å². The molecule has 0 saturated heterocycles. The Bertz CT molecular complexity index is 84.9. The van der Waals surface area contributed by atoms with E-state index >= 15 is 0 Å². The summed E-state index contributed by atoms with van der Waals surface area (Å²) < 4.78 is 0.644. The van der Waals surface area contributed by atoms with Crippen LogP contribution in [0.4, 0.5) is 0 Å². The third-order valence-corrected chi connectivity index (χ3v) is 4.45. The summed E-state index contributed by atoms with van der Waals surface area (Å²) in [5.41, 5.74) is 0. The van der Waals surface area contributed by atoms with Crippen molar-refractivity contribution in [1.82, 2.24) is 0 Å². The Kier molecular flexibility index (Phi) is 6.62. The van der Waals surface area contributed by atoms with E-state index in [9.17, 15) is 0 Å². The molecule has 0 nitrogen and oxygen atoms in total. The monoisotopic (exact) mass is 239 g/mol. The van der Waals surface area contributed by atoms with E-state index in [1.165, 1.54) is 38.5 Å². The van der Waals surface area contributed by atoms with Crippen molar-refractivity contribution >= 4 is 0 Å². The van der Waals surface area contributed by atoms with Crippen molar-refractivity contribution in [2.75, 3.05) is 0 Å². The van der Waals surface area contributed by atoms with E-state index in [1.54, 1.807) is 0 Å². The minimum absolute atomic E-state index is 0.644. The van der Waals surface area contributed by atoms with Crippen molar-refractivity contribution in [3.8, 4) is 0 Å². The van der Waals surface area contributed by atoms with Crippen molar-refractivity contribution < 1.29 is 19.8 Å². The Morgan fingerprint density at radius 3 is 1.91 bits per heavy atom. The van der Waals surface area contributed by atoms with Crippen molar-refractivity contribution in [2.24, 2.45) is 0 Å². The van der Waals surface area contributed by atoms with Crippen LogP contribution in [0.25, 0.3) is 0 Å². The molecular weight excluding hydrogens is 216 g/mol. The molecule has 0 bridgehead atoms.